The molecule has 0 fully saturated rings. The Balaban J connectivity index is 2.32. The molecule has 0 atom stereocenters. The van der Waals surface area contributed by atoms with E-state index < -0.39 is 0 Å². The van der Waals surface area contributed by atoms with E-state index in [1.165, 1.54) is 12.2 Å². The molecule has 0 heterocycles. The number of anilines is 1. The van der Waals surface area contributed by atoms with Crippen LogP contribution in [0.3, 0.4) is 0 Å². The van der Waals surface area contributed by atoms with Crippen LogP contribution in [0.4, 0.5) is 11.4 Å². The summed E-state index contributed by atoms with van der Waals surface area (Å²) < 4.78 is 0. The summed E-state index contributed by atoms with van der Waals surface area (Å²) in [7, 11) is 0. The molecule has 1 aliphatic rings. The molecular weight excluding hydrogens is 202 g/mol. The smallest absolute Gasteiger partial charge is 0.180 e. The third-order valence-corrected chi connectivity index (χ3v) is 2.14. The Morgan fingerprint density at radius 2 is 1.69 bits per heavy atom. The number of nitrogen functional groups attached to an aromatic ring is 1. The van der Waals surface area contributed by atoms with Gasteiger partial charge in [-0.25, -0.2) is 4.99 Å². The quantitative estimate of drug-likeness (QED) is 0.545. The standard InChI is InChI=1S/C12H11N3O/c13-8-1-3-9(4-2-8)15-12-6-5-10(16)7-11(12)14/h1-7H,13-14H2/b15-12-. The molecule has 16 heavy (non-hydrogen) atoms. The normalized spacial score (nSPS) is 17.6. The minimum absolute atomic E-state index is 0.117. The first kappa shape index (κ1) is 10.2. The number of nitrogens with zero attached hydrogens (tertiary/aromatic N) is 1. The first-order valence-corrected chi connectivity index (χ1v) is 4.79. The summed E-state index contributed by atoms with van der Waals surface area (Å²) >= 11 is 0. The Morgan fingerprint density at radius 1 is 1.00 bits per heavy atom. The van der Waals surface area contributed by atoms with Crippen LogP contribution in [0.5, 0.6) is 0 Å². The minimum Gasteiger partial charge on any atom is -0.399 e. The molecule has 80 valence electrons. The fourth-order valence-electron chi connectivity index (χ4n) is 1.32. The maximum absolute atomic E-state index is 11.0. The van der Waals surface area contributed by atoms with Crippen molar-refractivity contribution in [3.63, 3.8) is 0 Å². The molecule has 0 saturated carbocycles. The first-order chi connectivity index (χ1) is 7.65. The summed E-state index contributed by atoms with van der Waals surface area (Å²) in [5, 5.41) is 0. The maximum atomic E-state index is 11.0. The number of hydrogen-bond acceptors (Lipinski definition) is 4. The highest BCUT2D eigenvalue weighted by atomic mass is 16.1. The molecule has 0 spiro atoms. The van der Waals surface area contributed by atoms with E-state index in [1.807, 2.05) is 0 Å². The second kappa shape index (κ2) is 4.02. The van der Waals surface area contributed by atoms with Crippen LogP contribution in [-0.4, -0.2) is 11.5 Å². The van der Waals surface area contributed by atoms with E-state index in [4.69, 9.17) is 11.5 Å². The second-order valence-corrected chi connectivity index (χ2v) is 3.42. The third-order valence-electron chi connectivity index (χ3n) is 2.14. The molecule has 0 aliphatic heterocycles. The van der Waals surface area contributed by atoms with E-state index in [0.717, 1.165) is 5.69 Å². The highest BCUT2D eigenvalue weighted by molar-refractivity contribution is 6.19. The van der Waals surface area contributed by atoms with Crippen LogP contribution >= 0.6 is 0 Å². The van der Waals surface area contributed by atoms with Gasteiger partial charge >= 0.3 is 0 Å². The van der Waals surface area contributed by atoms with E-state index in [2.05, 4.69) is 4.99 Å². The molecule has 2 rings (SSSR count). The monoisotopic (exact) mass is 213 g/mol. The molecule has 4 nitrogen and oxygen atoms in total. The van der Waals surface area contributed by atoms with Gasteiger partial charge in [0, 0.05) is 11.8 Å². The van der Waals surface area contributed by atoms with Gasteiger partial charge in [0.05, 0.1) is 17.1 Å². The topological polar surface area (TPSA) is 81.5 Å². The number of carbonyl (C=O) groups excluding carboxylic acids is 1. The molecule has 4 N–H and O–H groups in total. The van der Waals surface area contributed by atoms with Crippen LogP contribution in [0.25, 0.3) is 0 Å². The molecule has 0 saturated heterocycles. The Kier molecular flexibility index (Phi) is 2.55. The molecule has 0 aromatic heterocycles. The summed E-state index contributed by atoms with van der Waals surface area (Å²) in [5.41, 5.74) is 13.6. The van der Waals surface area contributed by atoms with Crippen molar-refractivity contribution in [3.8, 4) is 0 Å². The lowest BCUT2D eigenvalue weighted by Crippen LogP contribution is -2.14. The molecule has 0 radical (unpaired) electrons. The van der Waals surface area contributed by atoms with Crippen LogP contribution in [0.2, 0.25) is 0 Å². The van der Waals surface area contributed by atoms with Crippen molar-refractivity contribution in [2.24, 2.45) is 10.7 Å². The zero-order valence-corrected chi connectivity index (χ0v) is 8.55. The van der Waals surface area contributed by atoms with Gasteiger partial charge in [-0.1, -0.05) is 0 Å². The van der Waals surface area contributed by atoms with Crippen molar-refractivity contribution >= 4 is 22.9 Å². The number of ketones is 1. The third kappa shape index (κ3) is 2.17. The molecule has 0 unspecified atom stereocenters. The number of hydrogen-bond donors (Lipinski definition) is 2. The van der Waals surface area contributed by atoms with Crippen molar-refractivity contribution in [3.05, 3.63) is 48.2 Å². The lowest BCUT2D eigenvalue weighted by Gasteiger charge is -2.05. The van der Waals surface area contributed by atoms with Crippen molar-refractivity contribution in [1.82, 2.24) is 0 Å². The molecule has 1 aromatic carbocycles. The maximum Gasteiger partial charge on any atom is 0.180 e. The number of rotatable bonds is 1. The summed E-state index contributed by atoms with van der Waals surface area (Å²) in [6.07, 6.45) is 4.40. The van der Waals surface area contributed by atoms with E-state index in [-0.39, 0.29) is 5.78 Å². The second-order valence-electron chi connectivity index (χ2n) is 3.42. The van der Waals surface area contributed by atoms with E-state index in [0.29, 0.717) is 17.1 Å². The summed E-state index contributed by atoms with van der Waals surface area (Å²) in [5.74, 6) is -0.117. The van der Waals surface area contributed by atoms with Crippen molar-refractivity contribution < 1.29 is 4.79 Å². The Bertz CT molecular complexity index is 510. The highest BCUT2D eigenvalue weighted by Crippen LogP contribution is 2.16. The number of nitrogens with two attached hydrogens (primary N) is 2. The number of benzene rings is 1. The van der Waals surface area contributed by atoms with Gasteiger partial charge in [-0.3, -0.25) is 4.79 Å². The van der Waals surface area contributed by atoms with Crippen molar-refractivity contribution in [1.29, 1.82) is 0 Å². The first-order valence-electron chi connectivity index (χ1n) is 4.79. The van der Waals surface area contributed by atoms with E-state index in [9.17, 15) is 4.79 Å². The molecular formula is C12H11N3O. The van der Waals surface area contributed by atoms with Crippen LogP contribution in [0, 0.1) is 0 Å². The molecule has 0 amide bonds. The number of allylic oxidation sites excluding steroid dienone is 3. The zero-order valence-electron chi connectivity index (χ0n) is 8.55. The number of carbonyl (C=O) groups is 1. The lowest BCUT2D eigenvalue weighted by atomic mass is 10.1. The van der Waals surface area contributed by atoms with Gasteiger partial charge < -0.3 is 11.5 Å². The van der Waals surface area contributed by atoms with Gasteiger partial charge in [-0.15, -0.1) is 0 Å². The van der Waals surface area contributed by atoms with Gasteiger partial charge in [0.1, 0.15) is 0 Å². The fourth-order valence-corrected chi connectivity index (χ4v) is 1.32. The summed E-state index contributed by atoms with van der Waals surface area (Å²) in [6, 6.07) is 7.10. The van der Waals surface area contributed by atoms with Gasteiger partial charge in [0.25, 0.3) is 0 Å². The van der Waals surface area contributed by atoms with Gasteiger partial charge in [0.2, 0.25) is 0 Å². The van der Waals surface area contributed by atoms with Crippen LogP contribution < -0.4 is 11.5 Å². The van der Waals surface area contributed by atoms with Gasteiger partial charge in [-0.2, -0.15) is 0 Å². The molecule has 1 aromatic rings. The molecule has 1 aliphatic carbocycles. The zero-order chi connectivity index (χ0) is 11.5. The largest absolute Gasteiger partial charge is 0.399 e. The van der Waals surface area contributed by atoms with Crippen LogP contribution in [0.1, 0.15) is 0 Å². The van der Waals surface area contributed by atoms with Crippen molar-refractivity contribution in [2.45, 2.75) is 0 Å². The van der Waals surface area contributed by atoms with E-state index in [1.54, 1.807) is 30.3 Å². The minimum atomic E-state index is -0.117. The lowest BCUT2D eigenvalue weighted by molar-refractivity contribution is -0.110. The predicted octanol–water partition coefficient (Wildman–Crippen LogP) is 1.32. The Morgan fingerprint density at radius 3 is 2.31 bits per heavy atom. The van der Waals surface area contributed by atoms with Gasteiger partial charge in [-0.05, 0) is 36.4 Å². The average molecular weight is 213 g/mol. The Hall–Kier alpha value is -2.36. The molecule has 4 heteroatoms. The van der Waals surface area contributed by atoms with Gasteiger partial charge in [0.15, 0.2) is 5.78 Å². The SMILES string of the molecule is NC1=CC(=O)C=C/C1=N/c1ccc(N)cc1. The Labute approximate surface area is 93.0 Å². The summed E-state index contributed by atoms with van der Waals surface area (Å²) in [6.45, 7) is 0. The molecule has 0 bridgehead atoms. The van der Waals surface area contributed by atoms with Crippen LogP contribution in [0.15, 0.2) is 53.2 Å². The van der Waals surface area contributed by atoms with E-state index >= 15 is 0 Å². The number of aliphatic imine (C=N–C) groups is 1. The summed E-state index contributed by atoms with van der Waals surface area (Å²) in [4.78, 5) is 15.3. The highest BCUT2D eigenvalue weighted by Gasteiger charge is 2.07. The van der Waals surface area contributed by atoms with Crippen molar-refractivity contribution in [2.75, 3.05) is 5.73 Å². The van der Waals surface area contributed by atoms with Crippen LogP contribution in [-0.2, 0) is 4.79 Å². The fraction of sp³-hybridized carbons (Fsp3) is 0. The average Bonchev–Trinajstić information content (AvgIpc) is 2.25. The predicted molar refractivity (Wildman–Crippen MR) is 64.4 cm³/mol.